The summed E-state index contributed by atoms with van der Waals surface area (Å²) in [6.07, 6.45) is 6.08. The second-order valence-electron chi connectivity index (χ2n) is 7.64. The fraction of sp³-hybridized carbons (Fsp3) is 0.208. The summed E-state index contributed by atoms with van der Waals surface area (Å²) >= 11 is 7.44. The van der Waals surface area contributed by atoms with Gasteiger partial charge in [0, 0.05) is 23.0 Å². The number of carbonyl (C=O) groups excluding carboxylic acids is 1. The minimum atomic E-state index is -0.347. The molecule has 8 nitrogen and oxygen atoms in total. The van der Waals surface area contributed by atoms with Gasteiger partial charge in [0.25, 0.3) is 5.91 Å². The van der Waals surface area contributed by atoms with Gasteiger partial charge >= 0.3 is 0 Å². The van der Waals surface area contributed by atoms with Crippen molar-refractivity contribution in [2.75, 3.05) is 25.6 Å². The van der Waals surface area contributed by atoms with Crippen LogP contribution in [0, 0.1) is 6.92 Å². The Balaban J connectivity index is 1.47. The molecule has 5 heterocycles. The SMILES string of the molecule is COc1cnc(Cl)cc1-c1cc(C)ncc1C(=O)Nc1nc2ccc(C3=CCCOC3)nc2s1. The lowest BCUT2D eigenvalue weighted by molar-refractivity contribution is 0.102. The van der Waals surface area contributed by atoms with E-state index in [4.69, 9.17) is 26.1 Å². The Morgan fingerprint density at radius 2 is 2.06 bits per heavy atom. The number of aromatic nitrogens is 4. The van der Waals surface area contributed by atoms with Crippen molar-refractivity contribution >= 4 is 49.9 Å². The lowest BCUT2D eigenvalue weighted by Gasteiger charge is -2.13. The van der Waals surface area contributed by atoms with Gasteiger partial charge < -0.3 is 9.47 Å². The number of anilines is 1. The number of aryl methyl sites for hydroxylation is 1. The van der Waals surface area contributed by atoms with Crippen molar-refractivity contribution in [3.63, 3.8) is 0 Å². The van der Waals surface area contributed by atoms with Crippen LogP contribution in [0.2, 0.25) is 5.15 Å². The Morgan fingerprint density at radius 1 is 1.18 bits per heavy atom. The molecule has 4 aromatic heterocycles. The topological polar surface area (TPSA) is 99.1 Å². The van der Waals surface area contributed by atoms with Gasteiger partial charge in [0.2, 0.25) is 0 Å². The van der Waals surface area contributed by atoms with Crippen LogP contribution in [-0.2, 0) is 4.74 Å². The third-order valence-corrected chi connectivity index (χ3v) is 6.43. The molecule has 1 N–H and O–H groups in total. The first-order valence-electron chi connectivity index (χ1n) is 10.5. The van der Waals surface area contributed by atoms with Gasteiger partial charge in [-0.25, -0.2) is 15.0 Å². The van der Waals surface area contributed by atoms with Crippen LogP contribution >= 0.6 is 22.9 Å². The summed E-state index contributed by atoms with van der Waals surface area (Å²) in [4.78, 5) is 31.6. The number of amides is 1. The monoisotopic (exact) mass is 493 g/mol. The van der Waals surface area contributed by atoms with Gasteiger partial charge in [0.15, 0.2) is 5.13 Å². The molecule has 0 fully saturated rings. The van der Waals surface area contributed by atoms with Gasteiger partial charge in [-0.15, -0.1) is 0 Å². The average Bonchev–Trinajstić information content (AvgIpc) is 3.25. The highest BCUT2D eigenvalue weighted by Gasteiger charge is 2.20. The zero-order chi connectivity index (χ0) is 23.7. The van der Waals surface area contributed by atoms with E-state index in [-0.39, 0.29) is 5.91 Å². The number of hydrogen-bond donors (Lipinski definition) is 1. The van der Waals surface area contributed by atoms with Crippen LogP contribution in [0.15, 0.2) is 42.7 Å². The van der Waals surface area contributed by atoms with Crippen molar-refractivity contribution in [3.05, 3.63) is 64.8 Å². The second kappa shape index (κ2) is 9.46. The molecule has 1 aliphatic rings. The minimum Gasteiger partial charge on any atom is -0.494 e. The van der Waals surface area contributed by atoms with E-state index in [1.54, 1.807) is 13.2 Å². The summed E-state index contributed by atoms with van der Waals surface area (Å²) in [6, 6.07) is 7.31. The highest BCUT2D eigenvalue weighted by Crippen LogP contribution is 2.34. The maximum Gasteiger partial charge on any atom is 0.259 e. The number of pyridine rings is 3. The molecule has 0 saturated heterocycles. The molecule has 0 aromatic carbocycles. The molecule has 0 atom stereocenters. The van der Waals surface area contributed by atoms with Crippen molar-refractivity contribution < 1.29 is 14.3 Å². The van der Waals surface area contributed by atoms with Gasteiger partial charge in [0.1, 0.15) is 21.2 Å². The summed E-state index contributed by atoms with van der Waals surface area (Å²) in [7, 11) is 1.54. The lowest BCUT2D eigenvalue weighted by atomic mass is 10.0. The molecular weight excluding hydrogens is 474 g/mol. The number of fused-ring (bicyclic) bond motifs is 1. The normalized spacial score (nSPS) is 13.6. The summed E-state index contributed by atoms with van der Waals surface area (Å²) in [5.41, 5.74) is 5.04. The summed E-state index contributed by atoms with van der Waals surface area (Å²) in [6.45, 7) is 3.13. The number of rotatable bonds is 5. The van der Waals surface area contributed by atoms with E-state index in [1.165, 1.54) is 23.7 Å². The van der Waals surface area contributed by atoms with E-state index >= 15 is 0 Å². The third-order valence-electron chi connectivity index (χ3n) is 5.34. The molecule has 1 aliphatic heterocycles. The Bertz CT molecular complexity index is 1440. The number of nitrogens with one attached hydrogen (secondary N) is 1. The molecule has 4 aromatic rings. The van der Waals surface area contributed by atoms with Crippen molar-refractivity contribution in [1.29, 1.82) is 0 Å². The van der Waals surface area contributed by atoms with E-state index in [0.717, 1.165) is 34.8 Å². The molecule has 0 spiro atoms. The summed E-state index contributed by atoms with van der Waals surface area (Å²) in [5.74, 6) is 0.155. The number of halogens is 1. The number of thiazole rings is 1. The summed E-state index contributed by atoms with van der Waals surface area (Å²) in [5, 5.41) is 3.63. The van der Waals surface area contributed by atoms with Crippen LogP contribution in [0.4, 0.5) is 5.13 Å². The molecule has 0 saturated carbocycles. The van der Waals surface area contributed by atoms with Crippen molar-refractivity contribution in [2.24, 2.45) is 0 Å². The highest BCUT2D eigenvalue weighted by molar-refractivity contribution is 7.22. The molecule has 0 bridgehead atoms. The van der Waals surface area contributed by atoms with E-state index < -0.39 is 0 Å². The molecule has 0 unspecified atom stereocenters. The zero-order valence-corrected chi connectivity index (χ0v) is 20.0. The molecule has 172 valence electrons. The van der Waals surface area contributed by atoms with E-state index in [1.807, 2.05) is 25.1 Å². The maximum atomic E-state index is 13.3. The number of ether oxygens (including phenoxy) is 2. The van der Waals surface area contributed by atoms with Crippen LogP contribution in [0.5, 0.6) is 5.75 Å². The van der Waals surface area contributed by atoms with Gasteiger partial charge in [-0.1, -0.05) is 29.0 Å². The Morgan fingerprint density at radius 3 is 2.85 bits per heavy atom. The predicted molar refractivity (Wildman–Crippen MR) is 133 cm³/mol. The second-order valence-corrected chi connectivity index (χ2v) is 9.01. The van der Waals surface area contributed by atoms with Crippen LogP contribution in [0.3, 0.4) is 0 Å². The molecule has 34 heavy (non-hydrogen) atoms. The minimum absolute atomic E-state index is 0.295. The number of methoxy groups -OCH3 is 1. The molecule has 5 rings (SSSR count). The molecule has 0 radical (unpaired) electrons. The van der Waals surface area contributed by atoms with Crippen LogP contribution < -0.4 is 10.1 Å². The number of carbonyl (C=O) groups is 1. The van der Waals surface area contributed by atoms with Crippen LogP contribution in [0.25, 0.3) is 27.0 Å². The van der Waals surface area contributed by atoms with Gasteiger partial charge in [0.05, 0.1) is 37.8 Å². The third kappa shape index (κ3) is 4.50. The standard InChI is InChI=1S/C24H20ClN5O3S/c1-13-8-15(16-9-21(25)27-11-20(16)32-2)17(10-26-13)22(31)30-24-29-19-6-5-18(28-23(19)34-24)14-4-3-7-33-12-14/h4-6,8-11H,3,7,12H2,1-2H3,(H,29,30,31). The first-order chi connectivity index (χ1) is 16.5. The highest BCUT2D eigenvalue weighted by atomic mass is 35.5. The van der Waals surface area contributed by atoms with Crippen LogP contribution in [0.1, 0.15) is 28.2 Å². The first kappa shape index (κ1) is 22.4. The quantitative estimate of drug-likeness (QED) is 0.382. The lowest BCUT2D eigenvalue weighted by Crippen LogP contribution is -2.14. The average molecular weight is 494 g/mol. The predicted octanol–water partition coefficient (Wildman–Crippen LogP) is 5.17. The Hall–Kier alpha value is -3.40. The molecule has 10 heteroatoms. The molecular formula is C24H20ClN5O3S. The fourth-order valence-electron chi connectivity index (χ4n) is 3.70. The van der Waals surface area contributed by atoms with Crippen molar-refractivity contribution in [2.45, 2.75) is 13.3 Å². The first-order valence-corrected chi connectivity index (χ1v) is 11.7. The van der Waals surface area contributed by atoms with E-state index in [0.29, 0.717) is 44.8 Å². The van der Waals surface area contributed by atoms with Crippen molar-refractivity contribution in [1.82, 2.24) is 19.9 Å². The van der Waals surface area contributed by atoms with Crippen molar-refractivity contribution in [3.8, 4) is 16.9 Å². The van der Waals surface area contributed by atoms with Crippen LogP contribution in [-0.4, -0.2) is 46.2 Å². The zero-order valence-electron chi connectivity index (χ0n) is 18.5. The largest absolute Gasteiger partial charge is 0.494 e. The molecule has 1 amide bonds. The van der Waals surface area contributed by atoms with E-state index in [9.17, 15) is 4.79 Å². The fourth-order valence-corrected chi connectivity index (χ4v) is 4.69. The van der Waals surface area contributed by atoms with Gasteiger partial charge in [-0.2, -0.15) is 0 Å². The number of nitrogens with zero attached hydrogens (tertiary/aromatic N) is 4. The van der Waals surface area contributed by atoms with Gasteiger partial charge in [-0.05, 0) is 43.2 Å². The Kier molecular flexibility index (Phi) is 6.23. The molecule has 0 aliphatic carbocycles. The maximum absolute atomic E-state index is 13.3. The number of hydrogen-bond acceptors (Lipinski definition) is 8. The Labute approximate surface area is 204 Å². The van der Waals surface area contributed by atoms with E-state index in [2.05, 4.69) is 26.3 Å². The van der Waals surface area contributed by atoms with Gasteiger partial charge in [-0.3, -0.25) is 15.1 Å². The summed E-state index contributed by atoms with van der Waals surface area (Å²) < 4.78 is 11.0. The smallest absolute Gasteiger partial charge is 0.259 e.